The van der Waals surface area contributed by atoms with E-state index in [9.17, 15) is 22.8 Å². The number of carbonyl (C=O) groups excluding carboxylic acids is 2. The van der Waals surface area contributed by atoms with Crippen LogP contribution in [0.1, 0.15) is 24.1 Å². The number of urea groups is 1. The van der Waals surface area contributed by atoms with E-state index in [0.717, 1.165) is 25.0 Å². The quantitative estimate of drug-likeness (QED) is 0.796. The number of benzene rings is 1. The van der Waals surface area contributed by atoms with Gasteiger partial charge < -0.3 is 15.1 Å². The van der Waals surface area contributed by atoms with Crippen LogP contribution in [0.25, 0.3) is 10.6 Å². The van der Waals surface area contributed by atoms with Crippen LogP contribution in [0.5, 0.6) is 0 Å². The van der Waals surface area contributed by atoms with Crippen LogP contribution < -0.4 is 5.32 Å². The number of likely N-dealkylation sites (tertiary alicyclic amines) is 1. The largest absolute Gasteiger partial charge is 0.416 e. The third-order valence-electron chi connectivity index (χ3n) is 5.40. The molecule has 30 heavy (non-hydrogen) atoms. The molecule has 1 unspecified atom stereocenters. The molecule has 2 saturated heterocycles. The fourth-order valence-electron chi connectivity index (χ4n) is 3.89. The van der Waals surface area contributed by atoms with Gasteiger partial charge in [-0.05, 0) is 25.0 Å². The number of thiazole rings is 1. The summed E-state index contributed by atoms with van der Waals surface area (Å²) < 4.78 is 38.8. The second kappa shape index (κ2) is 8.25. The first kappa shape index (κ1) is 20.6. The molecule has 1 aromatic carbocycles. The Morgan fingerprint density at radius 3 is 2.87 bits per heavy atom. The first-order valence-electron chi connectivity index (χ1n) is 9.75. The fraction of sp³-hybridized carbons (Fsp3) is 0.450. The molecule has 3 amide bonds. The molecule has 2 aromatic rings. The van der Waals surface area contributed by atoms with Gasteiger partial charge in [0.25, 0.3) is 0 Å². The minimum atomic E-state index is -4.41. The lowest BCUT2D eigenvalue weighted by molar-refractivity contribution is -0.137. The molecule has 2 fully saturated rings. The van der Waals surface area contributed by atoms with E-state index in [-0.39, 0.29) is 24.4 Å². The second-order valence-corrected chi connectivity index (χ2v) is 8.32. The smallest absolute Gasteiger partial charge is 0.340 e. The Hall–Kier alpha value is -2.62. The van der Waals surface area contributed by atoms with Crippen LogP contribution in [0.3, 0.4) is 0 Å². The lowest BCUT2D eigenvalue weighted by Gasteiger charge is -2.37. The number of rotatable bonds is 4. The molecular formula is C20H21F3N4O2S. The Bertz CT molecular complexity index is 946. The minimum absolute atomic E-state index is 0.0151. The second-order valence-electron chi connectivity index (χ2n) is 7.46. The summed E-state index contributed by atoms with van der Waals surface area (Å²) in [7, 11) is 0. The van der Waals surface area contributed by atoms with Crippen molar-refractivity contribution >= 4 is 23.3 Å². The maximum atomic E-state index is 12.9. The third kappa shape index (κ3) is 4.43. The summed E-state index contributed by atoms with van der Waals surface area (Å²) in [5.74, 6) is -0.0832. The number of hydrogen-bond donors (Lipinski definition) is 1. The summed E-state index contributed by atoms with van der Waals surface area (Å²) in [6, 6.07) is 4.96. The van der Waals surface area contributed by atoms with Gasteiger partial charge in [0.15, 0.2) is 0 Å². The van der Waals surface area contributed by atoms with Crippen molar-refractivity contribution < 1.29 is 22.8 Å². The predicted octanol–water partition coefficient (Wildman–Crippen LogP) is 3.39. The standard InChI is InChI=1S/C20H21F3N4O2S/c21-20(22,23)14-4-1-3-13(9-14)18-25-15(12-30-18)10-17(28)26-7-2-5-16(11-26)27-8-6-24-19(27)29/h1,3-4,9,12,16H,2,5-8,10-11H2,(H,24,29). The Balaban J connectivity index is 1.41. The van der Waals surface area contributed by atoms with Crippen LogP contribution in [0.15, 0.2) is 29.6 Å². The predicted molar refractivity (Wildman–Crippen MR) is 106 cm³/mol. The maximum absolute atomic E-state index is 12.9. The van der Waals surface area contributed by atoms with Crippen molar-refractivity contribution in [3.8, 4) is 10.6 Å². The van der Waals surface area contributed by atoms with Gasteiger partial charge in [0.1, 0.15) is 5.01 Å². The summed E-state index contributed by atoms with van der Waals surface area (Å²) in [6.45, 7) is 2.41. The van der Waals surface area contributed by atoms with Crippen LogP contribution in [0, 0.1) is 0 Å². The van der Waals surface area contributed by atoms with Crippen LogP contribution in [0.4, 0.5) is 18.0 Å². The molecule has 0 bridgehead atoms. The van der Waals surface area contributed by atoms with Gasteiger partial charge in [0.2, 0.25) is 5.91 Å². The van der Waals surface area contributed by atoms with E-state index >= 15 is 0 Å². The molecule has 6 nitrogen and oxygen atoms in total. The molecule has 2 aliphatic heterocycles. The number of halogens is 3. The molecule has 0 spiro atoms. The summed E-state index contributed by atoms with van der Waals surface area (Å²) >= 11 is 1.22. The first-order valence-corrected chi connectivity index (χ1v) is 10.6. The van der Waals surface area contributed by atoms with E-state index in [4.69, 9.17) is 0 Å². The Morgan fingerprint density at radius 1 is 1.30 bits per heavy atom. The van der Waals surface area contributed by atoms with Crippen LogP contribution in [-0.2, 0) is 17.4 Å². The zero-order chi connectivity index (χ0) is 21.3. The zero-order valence-corrected chi connectivity index (χ0v) is 16.9. The summed E-state index contributed by atoms with van der Waals surface area (Å²) in [4.78, 5) is 32.6. The molecule has 3 heterocycles. The monoisotopic (exact) mass is 438 g/mol. The highest BCUT2D eigenvalue weighted by atomic mass is 32.1. The van der Waals surface area contributed by atoms with E-state index in [1.54, 1.807) is 21.2 Å². The van der Waals surface area contributed by atoms with Gasteiger partial charge in [-0.15, -0.1) is 11.3 Å². The average Bonchev–Trinajstić information content (AvgIpc) is 3.36. The molecule has 4 rings (SSSR count). The van der Waals surface area contributed by atoms with Crippen molar-refractivity contribution in [3.63, 3.8) is 0 Å². The van der Waals surface area contributed by atoms with Crippen molar-refractivity contribution in [3.05, 3.63) is 40.9 Å². The number of amides is 3. The Labute approximate surface area is 175 Å². The number of aromatic nitrogens is 1. The van der Waals surface area contributed by atoms with Gasteiger partial charge in [-0.2, -0.15) is 13.2 Å². The third-order valence-corrected chi connectivity index (χ3v) is 6.34. The molecule has 160 valence electrons. The maximum Gasteiger partial charge on any atom is 0.416 e. The SMILES string of the molecule is O=C(Cc1csc(-c2cccc(C(F)(F)F)c2)n1)N1CCCC(N2CCNC2=O)C1. The number of alkyl halides is 3. The molecular weight excluding hydrogens is 417 g/mol. The molecule has 0 radical (unpaired) electrons. The molecule has 1 atom stereocenters. The minimum Gasteiger partial charge on any atom is -0.340 e. The van der Waals surface area contributed by atoms with E-state index in [0.29, 0.717) is 42.4 Å². The number of piperidine rings is 1. The lowest BCUT2D eigenvalue weighted by atomic mass is 10.0. The average molecular weight is 438 g/mol. The highest BCUT2D eigenvalue weighted by Crippen LogP contribution is 2.33. The zero-order valence-electron chi connectivity index (χ0n) is 16.1. The van der Waals surface area contributed by atoms with Gasteiger partial charge in [0.05, 0.1) is 23.7 Å². The van der Waals surface area contributed by atoms with E-state index in [1.807, 2.05) is 0 Å². The van der Waals surface area contributed by atoms with Crippen LogP contribution in [-0.4, -0.2) is 58.9 Å². The highest BCUT2D eigenvalue weighted by Gasteiger charge is 2.33. The van der Waals surface area contributed by atoms with Crippen molar-refractivity contribution in [1.82, 2.24) is 20.1 Å². The number of nitrogens with one attached hydrogen (secondary N) is 1. The van der Waals surface area contributed by atoms with Gasteiger partial charge >= 0.3 is 12.2 Å². The van der Waals surface area contributed by atoms with Crippen molar-refractivity contribution in [1.29, 1.82) is 0 Å². The van der Waals surface area contributed by atoms with E-state index < -0.39 is 11.7 Å². The number of nitrogens with zero attached hydrogens (tertiary/aromatic N) is 3. The summed E-state index contributed by atoms with van der Waals surface area (Å²) in [6.07, 6.45) is -2.63. The topological polar surface area (TPSA) is 65.5 Å². The lowest BCUT2D eigenvalue weighted by Crippen LogP contribution is -2.51. The first-order chi connectivity index (χ1) is 14.3. The van der Waals surface area contributed by atoms with Gasteiger partial charge in [0, 0.05) is 37.1 Å². The van der Waals surface area contributed by atoms with Crippen molar-refractivity contribution in [2.45, 2.75) is 31.5 Å². The highest BCUT2D eigenvalue weighted by molar-refractivity contribution is 7.13. The molecule has 10 heteroatoms. The van der Waals surface area contributed by atoms with E-state index in [1.165, 1.54) is 17.4 Å². The fourth-order valence-corrected chi connectivity index (χ4v) is 4.70. The molecule has 1 aromatic heterocycles. The normalized spacial score (nSPS) is 19.8. The van der Waals surface area contributed by atoms with Crippen molar-refractivity contribution in [2.24, 2.45) is 0 Å². The Morgan fingerprint density at radius 2 is 2.13 bits per heavy atom. The van der Waals surface area contributed by atoms with Crippen LogP contribution >= 0.6 is 11.3 Å². The van der Waals surface area contributed by atoms with E-state index in [2.05, 4.69) is 10.3 Å². The summed E-state index contributed by atoms with van der Waals surface area (Å²) in [5.41, 5.74) is 0.197. The molecule has 2 aliphatic rings. The van der Waals surface area contributed by atoms with Gasteiger partial charge in [-0.25, -0.2) is 9.78 Å². The molecule has 0 saturated carbocycles. The summed E-state index contributed by atoms with van der Waals surface area (Å²) in [5, 5.41) is 4.95. The molecule has 0 aliphatic carbocycles. The van der Waals surface area contributed by atoms with Gasteiger partial charge in [-0.3, -0.25) is 4.79 Å². The van der Waals surface area contributed by atoms with Crippen LogP contribution in [0.2, 0.25) is 0 Å². The molecule has 1 N–H and O–H groups in total. The number of carbonyl (C=O) groups is 2. The van der Waals surface area contributed by atoms with Crippen molar-refractivity contribution in [2.75, 3.05) is 26.2 Å². The van der Waals surface area contributed by atoms with Gasteiger partial charge in [-0.1, -0.05) is 12.1 Å². The Kier molecular flexibility index (Phi) is 5.68. The number of hydrogen-bond acceptors (Lipinski definition) is 4.